The number of nitrogens with two attached hydrogens (primary N) is 1. The van der Waals surface area contributed by atoms with Crippen molar-refractivity contribution >= 4 is 34.9 Å². The molecule has 0 unspecified atom stereocenters. The zero-order valence-electron chi connectivity index (χ0n) is 10.8. The molecule has 1 aromatic carbocycles. The summed E-state index contributed by atoms with van der Waals surface area (Å²) in [6.07, 6.45) is 4.40. The Labute approximate surface area is 128 Å². The maximum atomic E-state index is 6.09. The number of pyridine rings is 1. The van der Waals surface area contributed by atoms with Gasteiger partial charge in [0.1, 0.15) is 0 Å². The fourth-order valence-electron chi connectivity index (χ4n) is 2.39. The molecule has 0 amide bonds. The average Bonchev–Trinajstić information content (AvgIpc) is 2.79. The zero-order valence-corrected chi connectivity index (χ0v) is 12.3. The first-order chi connectivity index (χ1) is 9.29. The Morgan fingerprint density at radius 1 is 1.15 bits per heavy atom. The fourth-order valence-corrected chi connectivity index (χ4v) is 2.56. The van der Waals surface area contributed by atoms with Crippen LogP contribution >= 0.6 is 24.0 Å². The summed E-state index contributed by atoms with van der Waals surface area (Å²) in [7, 11) is 0. The number of benzene rings is 1. The highest BCUT2D eigenvalue weighted by molar-refractivity contribution is 6.31. The van der Waals surface area contributed by atoms with Crippen LogP contribution in [0.5, 0.6) is 0 Å². The van der Waals surface area contributed by atoms with Crippen molar-refractivity contribution in [2.45, 2.75) is 6.42 Å². The Morgan fingerprint density at radius 2 is 1.90 bits per heavy atom. The molecule has 0 bridgehead atoms. The van der Waals surface area contributed by atoms with Crippen molar-refractivity contribution in [2.24, 2.45) is 5.73 Å². The van der Waals surface area contributed by atoms with Crippen LogP contribution in [0.2, 0.25) is 5.02 Å². The lowest BCUT2D eigenvalue weighted by Gasteiger charge is -2.03. The second-order valence-electron chi connectivity index (χ2n) is 4.44. The van der Waals surface area contributed by atoms with Crippen LogP contribution in [0.25, 0.3) is 22.2 Å². The molecular formula is C15H15Cl2N3. The number of aromatic nitrogens is 2. The van der Waals surface area contributed by atoms with Crippen LogP contribution in [0.1, 0.15) is 5.56 Å². The van der Waals surface area contributed by atoms with Crippen molar-refractivity contribution in [2.75, 3.05) is 6.54 Å². The fraction of sp³-hybridized carbons (Fsp3) is 0.133. The van der Waals surface area contributed by atoms with Crippen LogP contribution in [-0.2, 0) is 6.42 Å². The predicted octanol–water partition coefficient (Wildman–Crippen LogP) is 3.81. The third-order valence-corrected chi connectivity index (χ3v) is 3.47. The molecule has 5 heteroatoms. The van der Waals surface area contributed by atoms with Gasteiger partial charge in [-0.05, 0) is 48.9 Å². The maximum Gasteiger partial charge on any atom is 0.0498 e. The first-order valence-electron chi connectivity index (χ1n) is 6.20. The first kappa shape index (κ1) is 14.9. The number of hydrogen-bond donors (Lipinski definition) is 2. The van der Waals surface area contributed by atoms with Crippen molar-refractivity contribution in [1.29, 1.82) is 0 Å². The van der Waals surface area contributed by atoms with Crippen molar-refractivity contribution in [3.63, 3.8) is 0 Å². The highest BCUT2D eigenvalue weighted by atomic mass is 35.5. The number of nitrogens with zero attached hydrogens (tertiary/aromatic N) is 1. The highest BCUT2D eigenvalue weighted by Crippen LogP contribution is 2.31. The van der Waals surface area contributed by atoms with E-state index in [2.05, 4.69) is 9.97 Å². The Kier molecular flexibility index (Phi) is 4.65. The number of fused-ring (bicyclic) bond motifs is 1. The number of H-pyrrole nitrogens is 1. The smallest absolute Gasteiger partial charge is 0.0498 e. The summed E-state index contributed by atoms with van der Waals surface area (Å²) in [6, 6.07) is 9.87. The van der Waals surface area contributed by atoms with E-state index in [-0.39, 0.29) is 12.4 Å². The molecule has 0 aliphatic carbocycles. The van der Waals surface area contributed by atoms with Crippen LogP contribution in [0.15, 0.2) is 42.7 Å². The zero-order chi connectivity index (χ0) is 13.2. The molecule has 0 spiro atoms. The van der Waals surface area contributed by atoms with Gasteiger partial charge in [0.2, 0.25) is 0 Å². The van der Waals surface area contributed by atoms with Gasteiger partial charge < -0.3 is 10.7 Å². The second-order valence-corrected chi connectivity index (χ2v) is 4.88. The number of halogens is 2. The minimum Gasteiger partial charge on any atom is -0.354 e. The second kappa shape index (κ2) is 6.27. The van der Waals surface area contributed by atoms with Gasteiger partial charge in [0.05, 0.1) is 0 Å². The number of hydrogen-bond acceptors (Lipinski definition) is 2. The van der Waals surface area contributed by atoms with E-state index in [1.54, 1.807) is 12.4 Å². The van der Waals surface area contributed by atoms with Gasteiger partial charge in [-0.3, -0.25) is 4.98 Å². The molecule has 3 nitrogen and oxygen atoms in total. The van der Waals surface area contributed by atoms with Gasteiger partial charge in [0, 0.05) is 39.6 Å². The van der Waals surface area contributed by atoms with Gasteiger partial charge in [-0.25, -0.2) is 0 Å². The Balaban J connectivity index is 0.00000147. The Hall–Kier alpha value is -1.55. The lowest BCUT2D eigenvalue weighted by molar-refractivity contribution is 0.978. The minimum absolute atomic E-state index is 0. The molecule has 2 aromatic heterocycles. The molecule has 3 aromatic rings. The number of aromatic amines is 1. The summed E-state index contributed by atoms with van der Waals surface area (Å²) >= 11 is 6.09. The monoisotopic (exact) mass is 307 g/mol. The van der Waals surface area contributed by atoms with E-state index < -0.39 is 0 Å². The summed E-state index contributed by atoms with van der Waals surface area (Å²) < 4.78 is 0. The SMILES string of the molecule is Cl.NCCc1c(-c2ccncc2)[nH]c2ccc(Cl)cc12. The van der Waals surface area contributed by atoms with Gasteiger partial charge in [-0.15, -0.1) is 12.4 Å². The quantitative estimate of drug-likeness (QED) is 0.773. The molecule has 0 aliphatic rings. The minimum atomic E-state index is 0. The van der Waals surface area contributed by atoms with Crippen LogP contribution in [0.4, 0.5) is 0 Å². The van der Waals surface area contributed by atoms with Gasteiger partial charge in [-0.1, -0.05) is 11.6 Å². The standard InChI is InChI=1S/C15H14ClN3.ClH/c16-11-1-2-14-13(9-11)12(3-6-17)15(19-14)10-4-7-18-8-5-10;/h1-2,4-5,7-9,19H,3,6,17H2;1H. The van der Waals surface area contributed by atoms with Crippen LogP contribution < -0.4 is 5.73 Å². The molecule has 0 atom stereocenters. The normalized spacial score (nSPS) is 10.5. The van der Waals surface area contributed by atoms with Gasteiger partial charge in [-0.2, -0.15) is 0 Å². The summed E-state index contributed by atoms with van der Waals surface area (Å²) in [5, 5.41) is 1.89. The molecule has 0 saturated carbocycles. The highest BCUT2D eigenvalue weighted by Gasteiger charge is 2.12. The van der Waals surface area contributed by atoms with Crippen molar-refractivity contribution in [3.8, 4) is 11.3 Å². The molecule has 0 saturated heterocycles. The van der Waals surface area contributed by atoms with Crippen LogP contribution in [0.3, 0.4) is 0 Å². The first-order valence-corrected chi connectivity index (χ1v) is 6.58. The molecular weight excluding hydrogens is 293 g/mol. The molecule has 3 rings (SSSR count). The average molecular weight is 308 g/mol. The van der Waals surface area contributed by atoms with Crippen molar-refractivity contribution in [1.82, 2.24) is 9.97 Å². The predicted molar refractivity (Wildman–Crippen MR) is 86.5 cm³/mol. The van der Waals surface area contributed by atoms with Crippen molar-refractivity contribution in [3.05, 3.63) is 53.3 Å². The Morgan fingerprint density at radius 3 is 2.60 bits per heavy atom. The van der Waals surface area contributed by atoms with Crippen LogP contribution in [-0.4, -0.2) is 16.5 Å². The molecule has 20 heavy (non-hydrogen) atoms. The van der Waals surface area contributed by atoms with Gasteiger partial charge in [0.25, 0.3) is 0 Å². The molecule has 2 heterocycles. The molecule has 104 valence electrons. The lowest BCUT2D eigenvalue weighted by atomic mass is 10.0. The van der Waals surface area contributed by atoms with Gasteiger partial charge in [0.15, 0.2) is 0 Å². The third-order valence-electron chi connectivity index (χ3n) is 3.23. The maximum absolute atomic E-state index is 6.09. The Bertz CT molecular complexity index is 708. The van der Waals surface area contributed by atoms with Gasteiger partial charge >= 0.3 is 0 Å². The third kappa shape index (κ3) is 2.66. The summed E-state index contributed by atoms with van der Waals surface area (Å²) in [5.74, 6) is 0. The summed E-state index contributed by atoms with van der Waals surface area (Å²) in [5.41, 5.74) is 10.3. The van der Waals surface area contributed by atoms with Crippen molar-refractivity contribution < 1.29 is 0 Å². The van der Waals surface area contributed by atoms with E-state index in [0.29, 0.717) is 6.54 Å². The van der Waals surface area contributed by atoms with E-state index in [1.807, 2.05) is 30.3 Å². The molecule has 0 aliphatic heterocycles. The van der Waals surface area contributed by atoms with E-state index >= 15 is 0 Å². The number of rotatable bonds is 3. The molecule has 3 N–H and O–H groups in total. The van der Waals surface area contributed by atoms with Crippen LogP contribution in [0, 0.1) is 0 Å². The topological polar surface area (TPSA) is 54.7 Å². The van der Waals surface area contributed by atoms with E-state index in [4.69, 9.17) is 17.3 Å². The largest absolute Gasteiger partial charge is 0.354 e. The van der Waals surface area contributed by atoms with E-state index in [1.165, 1.54) is 5.56 Å². The summed E-state index contributed by atoms with van der Waals surface area (Å²) in [6.45, 7) is 0.609. The molecule has 0 radical (unpaired) electrons. The molecule has 0 fully saturated rings. The number of nitrogens with one attached hydrogen (secondary N) is 1. The lowest BCUT2D eigenvalue weighted by Crippen LogP contribution is -2.03. The van der Waals surface area contributed by atoms with E-state index in [0.717, 1.165) is 33.6 Å². The van der Waals surface area contributed by atoms with E-state index in [9.17, 15) is 0 Å². The summed E-state index contributed by atoms with van der Waals surface area (Å²) in [4.78, 5) is 7.51.